The fourth-order valence-corrected chi connectivity index (χ4v) is 2.91. The van der Waals surface area contributed by atoms with Gasteiger partial charge in [-0.2, -0.15) is 0 Å². The van der Waals surface area contributed by atoms with Gasteiger partial charge in [-0.1, -0.05) is 6.92 Å². The van der Waals surface area contributed by atoms with Crippen molar-refractivity contribution >= 4 is 11.3 Å². The molecule has 1 heterocycles. The van der Waals surface area contributed by atoms with Crippen LogP contribution in [-0.2, 0) is 19.4 Å². The topological polar surface area (TPSA) is 35.2 Å². The lowest BCUT2D eigenvalue weighted by Crippen LogP contribution is -2.17. The molecule has 4 heteroatoms. The van der Waals surface area contributed by atoms with Gasteiger partial charge in [-0.25, -0.2) is 4.39 Å². The van der Waals surface area contributed by atoms with Crippen LogP contribution in [0.2, 0.25) is 0 Å². The molecular formula is C16H20FNOS. The molecule has 1 aromatic heterocycles. The zero-order valence-electron chi connectivity index (χ0n) is 11.9. The summed E-state index contributed by atoms with van der Waals surface area (Å²) >= 11 is 1.73. The van der Waals surface area contributed by atoms with Gasteiger partial charge >= 0.3 is 0 Å². The first-order chi connectivity index (χ1) is 9.56. The maximum atomic E-state index is 13.5. The van der Waals surface area contributed by atoms with E-state index >= 15 is 0 Å². The maximum absolute atomic E-state index is 13.5. The number of thiophene rings is 1. The van der Waals surface area contributed by atoms with Crippen molar-refractivity contribution in [2.45, 2.75) is 39.3 Å². The second-order valence-corrected chi connectivity index (χ2v) is 6.24. The van der Waals surface area contributed by atoms with E-state index in [2.05, 4.69) is 19.1 Å². The van der Waals surface area contributed by atoms with E-state index in [1.165, 1.54) is 17.0 Å². The molecule has 0 amide bonds. The zero-order valence-corrected chi connectivity index (χ0v) is 12.7. The summed E-state index contributed by atoms with van der Waals surface area (Å²) < 4.78 is 19.2. The summed E-state index contributed by atoms with van der Waals surface area (Å²) in [5.41, 5.74) is 6.62. The van der Waals surface area contributed by atoms with Crippen LogP contribution in [0.15, 0.2) is 30.3 Å². The molecule has 108 valence electrons. The third-order valence-electron chi connectivity index (χ3n) is 2.94. The standard InChI is InChI=1S/C16H20FNOS/c1-3-15-4-5-16(20-15)10-19-14-8-12(6-11(2)18)7-13(17)9-14/h4-5,7-9,11H,3,6,10,18H2,1-2H3. The van der Waals surface area contributed by atoms with Crippen molar-refractivity contribution < 1.29 is 9.13 Å². The Balaban J connectivity index is 2.03. The minimum atomic E-state index is -0.279. The molecule has 0 radical (unpaired) electrons. The Labute approximate surface area is 123 Å². The zero-order chi connectivity index (χ0) is 14.5. The van der Waals surface area contributed by atoms with E-state index in [9.17, 15) is 4.39 Å². The molecule has 20 heavy (non-hydrogen) atoms. The van der Waals surface area contributed by atoms with Crippen LogP contribution in [0.5, 0.6) is 5.75 Å². The van der Waals surface area contributed by atoms with E-state index in [0.29, 0.717) is 18.8 Å². The summed E-state index contributed by atoms with van der Waals surface area (Å²) in [7, 11) is 0. The number of halogens is 1. The number of rotatable bonds is 6. The van der Waals surface area contributed by atoms with Gasteiger partial charge < -0.3 is 10.5 Å². The van der Waals surface area contributed by atoms with Crippen molar-refractivity contribution in [1.82, 2.24) is 0 Å². The lowest BCUT2D eigenvalue weighted by atomic mass is 10.1. The number of hydrogen-bond donors (Lipinski definition) is 1. The van der Waals surface area contributed by atoms with Crippen LogP contribution in [0.1, 0.15) is 29.2 Å². The first-order valence-electron chi connectivity index (χ1n) is 6.82. The van der Waals surface area contributed by atoms with E-state index in [1.54, 1.807) is 11.3 Å². The molecule has 0 saturated heterocycles. The lowest BCUT2D eigenvalue weighted by Gasteiger charge is -2.09. The van der Waals surface area contributed by atoms with E-state index in [1.807, 2.05) is 13.0 Å². The molecule has 1 atom stereocenters. The van der Waals surface area contributed by atoms with E-state index < -0.39 is 0 Å². The van der Waals surface area contributed by atoms with Gasteiger partial charge in [0.2, 0.25) is 0 Å². The number of benzene rings is 1. The van der Waals surface area contributed by atoms with Gasteiger partial charge in [0.1, 0.15) is 18.2 Å². The van der Waals surface area contributed by atoms with Crippen LogP contribution < -0.4 is 10.5 Å². The van der Waals surface area contributed by atoms with Crippen molar-refractivity contribution in [1.29, 1.82) is 0 Å². The molecule has 0 saturated carbocycles. The Bertz CT molecular complexity index is 565. The molecule has 0 aliphatic carbocycles. The Morgan fingerprint density at radius 2 is 2.00 bits per heavy atom. The molecule has 1 aromatic carbocycles. The van der Waals surface area contributed by atoms with Crippen LogP contribution in [-0.4, -0.2) is 6.04 Å². The van der Waals surface area contributed by atoms with Crippen molar-refractivity contribution in [3.8, 4) is 5.75 Å². The third-order valence-corrected chi connectivity index (χ3v) is 4.14. The lowest BCUT2D eigenvalue weighted by molar-refractivity contribution is 0.307. The quantitative estimate of drug-likeness (QED) is 0.876. The van der Waals surface area contributed by atoms with Crippen molar-refractivity contribution in [3.05, 3.63) is 51.5 Å². The Hall–Kier alpha value is -1.39. The van der Waals surface area contributed by atoms with Crippen LogP contribution in [0.3, 0.4) is 0 Å². The minimum absolute atomic E-state index is 0.00839. The molecule has 1 unspecified atom stereocenters. The average molecular weight is 293 g/mol. The van der Waals surface area contributed by atoms with Gasteiger partial charge in [-0.15, -0.1) is 11.3 Å². The van der Waals surface area contributed by atoms with Gasteiger partial charge in [0.25, 0.3) is 0 Å². The maximum Gasteiger partial charge on any atom is 0.127 e. The smallest absolute Gasteiger partial charge is 0.127 e. The van der Waals surface area contributed by atoms with Gasteiger partial charge in [0.15, 0.2) is 0 Å². The SMILES string of the molecule is CCc1ccc(COc2cc(F)cc(CC(C)N)c2)s1. The van der Waals surface area contributed by atoms with Crippen LogP contribution >= 0.6 is 11.3 Å². The molecule has 0 fully saturated rings. The van der Waals surface area contributed by atoms with Crippen LogP contribution in [0, 0.1) is 5.82 Å². The molecule has 2 N–H and O–H groups in total. The first kappa shape index (κ1) is 15.0. The Morgan fingerprint density at radius 1 is 1.25 bits per heavy atom. The van der Waals surface area contributed by atoms with Gasteiger partial charge in [-0.05, 0) is 49.6 Å². The summed E-state index contributed by atoms with van der Waals surface area (Å²) in [6, 6.07) is 8.97. The number of hydrogen-bond acceptors (Lipinski definition) is 3. The molecule has 2 nitrogen and oxygen atoms in total. The van der Waals surface area contributed by atoms with Crippen molar-refractivity contribution in [2.75, 3.05) is 0 Å². The number of ether oxygens (including phenoxy) is 1. The molecule has 0 aliphatic heterocycles. The number of aryl methyl sites for hydroxylation is 1. The highest BCUT2D eigenvalue weighted by atomic mass is 32.1. The predicted molar refractivity (Wildman–Crippen MR) is 81.8 cm³/mol. The van der Waals surface area contributed by atoms with Crippen LogP contribution in [0.25, 0.3) is 0 Å². The van der Waals surface area contributed by atoms with Gasteiger partial charge in [0, 0.05) is 21.9 Å². The molecule has 0 bridgehead atoms. The molecular weight excluding hydrogens is 273 g/mol. The first-order valence-corrected chi connectivity index (χ1v) is 7.64. The van der Waals surface area contributed by atoms with Crippen molar-refractivity contribution in [2.24, 2.45) is 5.73 Å². The fraction of sp³-hybridized carbons (Fsp3) is 0.375. The molecule has 0 spiro atoms. The van der Waals surface area contributed by atoms with Gasteiger partial charge in [-0.3, -0.25) is 0 Å². The highest BCUT2D eigenvalue weighted by Gasteiger charge is 2.05. The minimum Gasteiger partial charge on any atom is -0.488 e. The third kappa shape index (κ3) is 4.32. The predicted octanol–water partition coefficient (Wildman–Crippen LogP) is 3.92. The van der Waals surface area contributed by atoms with E-state index in [4.69, 9.17) is 10.5 Å². The highest BCUT2D eigenvalue weighted by molar-refractivity contribution is 7.11. The summed E-state index contributed by atoms with van der Waals surface area (Å²) in [5, 5.41) is 0. The van der Waals surface area contributed by atoms with Gasteiger partial charge in [0.05, 0.1) is 0 Å². The molecule has 0 aliphatic rings. The number of nitrogens with two attached hydrogens (primary N) is 1. The summed E-state index contributed by atoms with van der Waals surface area (Å²) in [5.74, 6) is 0.283. The second-order valence-electron chi connectivity index (χ2n) is 4.99. The molecule has 2 aromatic rings. The fourth-order valence-electron chi connectivity index (χ4n) is 2.04. The van der Waals surface area contributed by atoms with E-state index in [-0.39, 0.29) is 11.9 Å². The van der Waals surface area contributed by atoms with E-state index in [0.717, 1.165) is 16.9 Å². The summed E-state index contributed by atoms with van der Waals surface area (Å²) in [6.07, 6.45) is 1.68. The largest absolute Gasteiger partial charge is 0.488 e. The second kappa shape index (κ2) is 6.86. The summed E-state index contributed by atoms with van der Waals surface area (Å²) in [6.45, 7) is 4.51. The summed E-state index contributed by atoms with van der Waals surface area (Å²) in [4.78, 5) is 2.49. The molecule has 2 rings (SSSR count). The monoisotopic (exact) mass is 293 g/mol. The Kier molecular flexibility index (Phi) is 5.15. The normalized spacial score (nSPS) is 12.4. The average Bonchev–Trinajstić information content (AvgIpc) is 2.83. The Morgan fingerprint density at radius 3 is 2.65 bits per heavy atom. The highest BCUT2D eigenvalue weighted by Crippen LogP contribution is 2.22. The van der Waals surface area contributed by atoms with Crippen LogP contribution in [0.4, 0.5) is 4.39 Å². The van der Waals surface area contributed by atoms with Crippen molar-refractivity contribution in [3.63, 3.8) is 0 Å².